The molecule has 1 aromatic rings. The molecular formula is C24H39ClN2O4S. The van der Waals surface area contributed by atoms with E-state index >= 15 is 0 Å². The average Bonchev–Trinajstić information content (AvgIpc) is 2.74. The number of hydrogen-bond donors (Lipinski definition) is 1. The molecular weight excluding hydrogens is 448 g/mol. The van der Waals surface area contributed by atoms with Gasteiger partial charge in [0.2, 0.25) is 5.91 Å². The Kier molecular flexibility index (Phi) is 13.0. The number of amides is 1. The summed E-state index contributed by atoms with van der Waals surface area (Å²) in [4.78, 5) is 26.9. The van der Waals surface area contributed by atoms with E-state index in [1.165, 1.54) is 0 Å². The van der Waals surface area contributed by atoms with Gasteiger partial charge in [0.15, 0.2) is 0 Å². The Bertz CT molecular complexity index is 766. The van der Waals surface area contributed by atoms with E-state index in [9.17, 15) is 9.59 Å². The van der Waals surface area contributed by atoms with Gasteiger partial charge in [-0.1, -0.05) is 32.1 Å². The molecule has 0 aliphatic rings. The van der Waals surface area contributed by atoms with Gasteiger partial charge in [-0.05, 0) is 51.3 Å². The second-order valence-electron chi connectivity index (χ2n) is 8.47. The second kappa shape index (κ2) is 13.8. The predicted octanol–water partition coefficient (Wildman–Crippen LogP) is 4.45. The van der Waals surface area contributed by atoms with Crippen molar-refractivity contribution < 1.29 is 19.1 Å². The number of carbonyl (C=O) groups excluding carboxylic acids is 2. The highest BCUT2D eigenvalue weighted by molar-refractivity contribution is 7.99. The van der Waals surface area contributed by atoms with Gasteiger partial charge in [-0.3, -0.25) is 4.79 Å². The number of rotatable bonds is 11. The third kappa shape index (κ3) is 8.68. The summed E-state index contributed by atoms with van der Waals surface area (Å²) < 4.78 is 9.79. The van der Waals surface area contributed by atoms with Gasteiger partial charge in [0, 0.05) is 23.1 Å². The summed E-state index contributed by atoms with van der Waals surface area (Å²) in [5.41, 5.74) is 8.06. The minimum absolute atomic E-state index is 0. The molecule has 0 aliphatic carbocycles. The van der Waals surface area contributed by atoms with Gasteiger partial charge in [-0.15, -0.1) is 24.2 Å². The van der Waals surface area contributed by atoms with Crippen molar-refractivity contribution in [2.45, 2.75) is 64.1 Å². The first kappa shape index (κ1) is 30.3. The quantitative estimate of drug-likeness (QED) is 0.367. The highest BCUT2D eigenvalue weighted by Gasteiger charge is 2.36. The number of ether oxygens (including phenoxy) is 2. The lowest BCUT2D eigenvalue weighted by atomic mass is 9.97. The first-order valence-corrected chi connectivity index (χ1v) is 11.6. The zero-order valence-electron chi connectivity index (χ0n) is 20.5. The summed E-state index contributed by atoms with van der Waals surface area (Å²) in [6.07, 6.45) is 1.80. The van der Waals surface area contributed by atoms with Crippen molar-refractivity contribution >= 4 is 36.0 Å². The monoisotopic (exact) mass is 486 g/mol. The molecule has 0 saturated heterocycles. The zero-order valence-corrected chi connectivity index (χ0v) is 22.1. The number of carbonyl (C=O) groups is 2. The average molecular weight is 487 g/mol. The minimum Gasteiger partial charge on any atom is -0.497 e. The Morgan fingerprint density at radius 1 is 1.22 bits per heavy atom. The topological polar surface area (TPSA) is 81.9 Å². The zero-order chi connectivity index (χ0) is 23.8. The van der Waals surface area contributed by atoms with E-state index in [-0.39, 0.29) is 36.2 Å². The third-order valence-electron chi connectivity index (χ3n) is 5.28. The van der Waals surface area contributed by atoms with E-state index in [4.69, 9.17) is 15.2 Å². The van der Waals surface area contributed by atoms with Crippen molar-refractivity contribution in [2.75, 3.05) is 20.8 Å². The summed E-state index contributed by atoms with van der Waals surface area (Å²) in [6.45, 7) is 11.8. The lowest BCUT2D eigenvalue weighted by molar-refractivity contribution is -0.139. The van der Waals surface area contributed by atoms with Crippen LogP contribution in [0.15, 0.2) is 35.9 Å². The molecule has 1 amide bonds. The number of esters is 1. The first-order valence-electron chi connectivity index (χ1n) is 10.6. The Morgan fingerprint density at radius 3 is 2.25 bits per heavy atom. The Balaban J connectivity index is 0.00000961. The smallest absolute Gasteiger partial charge is 0.333 e. The van der Waals surface area contributed by atoms with Crippen LogP contribution in [0.3, 0.4) is 0 Å². The van der Waals surface area contributed by atoms with Crippen LogP contribution in [-0.4, -0.2) is 54.4 Å². The highest BCUT2D eigenvalue weighted by atomic mass is 35.5. The van der Waals surface area contributed by atoms with Crippen LogP contribution in [-0.2, 0) is 20.1 Å². The number of methoxy groups -OCH3 is 1. The lowest BCUT2D eigenvalue weighted by Gasteiger charge is -2.36. The van der Waals surface area contributed by atoms with Crippen LogP contribution < -0.4 is 10.5 Å². The van der Waals surface area contributed by atoms with E-state index < -0.39 is 10.8 Å². The van der Waals surface area contributed by atoms with E-state index in [1.807, 2.05) is 52.0 Å². The van der Waals surface area contributed by atoms with Crippen LogP contribution >= 0.6 is 24.2 Å². The fourth-order valence-electron chi connectivity index (χ4n) is 3.07. The fraction of sp³-hybridized carbons (Fsp3) is 0.583. The molecule has 0 aliphatic heterocycles. The molecule has 1 rings (SSSR count). The number of hydrogen-bond acceptors (Lipinski definition) is 6. The first-order chi connectivity index (χ1) is 14.4. The summed E-state index contributed by atoms with van der Waals surface area (Å²) >= 11 is 1.64. The van der Waals surface area contributed by atoms with Gasteiger partial charge in [0.05, 0.1) is 25.8 Å². The maximum Gasteiger partial charge on any atom is 0.333 e. The number of thioether (sulfide) groups is 1. The standard InChI is InChI=1S/C24H38N2O4S.ClH/c1-9-30-23(28)17(4)14-20(16(2)3)26(7)22(27)21(25)24(5,6)31-15-18-10-12-19(29-8)13-11-18;/h10-14,16,20-21H,9,15,25H2,1-8H3;1H/b17-14+;/t20-,21+;/m0./s1. The molecule has 8 heteroatoms. The molecule has 0 heterocycles. The van der Waals surface area contributed by atoms with Crippen molar-refractivity contribution in [3.8, 4) is 5.75 Å². The van der Waals surface area contributed by atoms with Gasteiger partial charge >= 0.3 is 5.97 Å². The normalized spacial score (nSPS) is 13.8. The summed E-state index contributed by atoms with van der Waals surface area (Å²) in [5, 5.41) is 0. The minimum atomic E-state index is -0.696. The summed E-state index contributed by atoms with van der Waals surface area (Å²) in [6, 6.07) is 6.92. The van der Waals surface area contributed by atoms with Crippen molar-refractivity contribution in [3.05, 3.63) is 41.5 Å². The van der Waals surface area contributed by atoms with Crippen molar-refractivity contribution in [2.24, 2.45) is 11.7 Å². The fourth-order valence-corrected chi connectivity index (χ4v) is 4.08. The second-order valence-corrected chi connectivity index (χ2v) is 10.1. The molecule has 0 saturated carbocycles. The van der Waals surface area contributed by atoms with Gasteiger partial charge in [0.1, 0.15) is 5.75 Å². The van der Waals surface area contributed by atoms with E-state index in [0.29, 0.717) is 12.2 Å². The number of benzene rings is 1. The van der Waals surface area contributed by atoms with Gasteiger partial charge in [-0.2, -0.15) is 0 Å². The molecule has 0 unspecified atom stereocenters. The molecule has 1 aromatic carbocycles. The van der Waals surface area contributed by atoms with E-state index in [0.717, 1.165) is 17.1 Å². The van der Waals surface area contributed by atoms with E-state index in [1.54, 1.807) is 50.7 Å². The molecule has 0 radical (unpaired) electrons. The highest BCUT2D eigenvalue weighted by Crippen LogP contribution is 2.32. The van der Waals surface area contributed by atoms with Gasteiger partial charge < -0.3 is 20.1 Å². The Morgan fingerprint density at radius 2 is 1.78 bits per heavy atom. The molecule has 2 N–H and O–H groups in total. The van der Waals surface area contributed by atoms with Crippen LogP contribution in [0.25, 0.3) is 0 Å². The maximum atomic E-state index is 13.2. The van der Waals surface area contributed by atoms with E-state index in [2.05, 4.69) is 0 Å². The molecule has 2 atom stereocenters. The number of halogens is 1. The maximum absolute atomic E-state index is 13.2. The molecule has 32 heavy (non-hydrogen) atoms. The lowest BCUT2D eigenvalue weighted by Crippen LogP contribution is -2.55. The van der Waals surface area contributed by atoms with Crippen LogP contribution in [0, 0.1) is 5.92 Å². The van der Waals surface area contributed by atoms with Crippen molar-refractivity contribution in [3.63, 3.8) is 0 Å². The summed E-state index contributed by atoms with van der Waals surface area (Å²) in [5.74, 6) is 1.14. The summed E-state index contributed by atoms with van der Waals surface area (Å²) in [7, 11) is 3.38. The molecule has 182 valence electrons. The molecule has 0 fully saturated rings. The van der Waals surface area contributed by atoms with Crippen molar-refractivity contribution in [1.29, 1.82) is 0 Å². The number of likely N-dealkylation sites (N-methyl/N-ethyl adjacent to an activating group) is 1. The predicted molar refractivity (Wildman–Crippen MR) is 135 cm³/mol. The van der Waals surface area contributed by atoms with Crippen LogP contribution in [0.5, 0.6) is 5.75 Å². The van der Waals surface area contributed by atoms with Gasteiger partial charge in [-0.25, -0.2) is 4.79 Å². The Labute approximate surface area is 203 Å². The molecule has 0 aromatic heterocycles. The van der Waals surface area contributed by atoms with Crippen LogP contribution in [0.4, 0.5) is 0 Å². The third-order valence-corrected chi connectivity index (χ3v) is 6.76. The molecule has 6 nitrogen and oxygen atoms in total. The van der Waals surface area contributed by atoms with Crippen molar-refractivity contribution in [1.82, 2.24) is 4.90 Å². The molecule has 0 bridgehead atoms. The molecule has 0 spiro atoms. The van der Waals surface area contributed by atoms with Gasteiger partial charge in [0.25, 0.3) is 0 Å². The number of nitrogens with two attached hydrogens (primary N) is 1. The number of nitrogens with zero attached hydrogens (tertiary/aromatic N) is 1. The van der Waals surface area contributed by atoms with Crippen LogP contribution in [0.1, 0.15) is 47.1 Å². The SMILES string of the molecule is CCOC(=O)/C(C)=C/[C@@H](C(C)C)N(C)C(=O)[C@@H](N)C(C)(C)SCc1ccc(OC)cc1.Cl. The Hall–Kier alpha value is -1.70. The largest absolute Gasteiger partial charge is 0.497 e. The van der Waals surface area contributed by atoms with Crippen LogP contribution in [0.2, 0.25) is 0 Å².